The highest BCUT2D eigenvalue weighted by molar-refractivity contribution is 6.30. The predicted molar refractivity (Wildman–Crippen MR) is 78.7 cm³/mol. The number of benzene rings is 1. The Balaban J connectivity index is 0.00000289. The second-order valence-electron chi connectivity index (χ2n) is 3.92. The molecule has 1 aromatic carbocycles. The number of nitrogens with one attached hydrogen (secondary N) is 2. The van der Waals surface area contributed by atoms with E-state index in [1.165, 1.54) is 0 Å². The molecule has 1 rings (SSSR count). The Morgan fingerprint density at radius 3 is 2.72 bits per heavy atom. The maximum absolute atomic E-state index is 11.8. The van der Waals surface area contributed by atoms with Crippen molar-refractivity contribution in [3.05, 3.63) is 34.9 Å². The predicted octanol–water partition coefficient (Wildman–Crippen LogP) is 2.59. The fourth-order valence-corrected chi connectivity index (χ4v) is 1.73. The van der Waals surface area contributed by atoms with Crippen molar-refractivity contribution in [2.45, 2.75) is 19.8 Å². The topological polar surface area (TPSA) is 41.1 Å². The van der Waals surface area contributed by atoms with Crippen LogP contribution in [0.4, 0.5) is 0 Å². The third kappa shape index (κ3) is 5.71. The van der Waals surface area contributed by atoms with Gasteiger partial charge < -0.3 is 10.6 Å². The first kappa shape index (κ1) is 17.2. The maximum Gasteiger partial charge on any atom is 0.227 e. The number of carbonyl (C=O) groups excluding carboxylic acids is 1. The smallest absolute Gasteiger partial charge is 0.227 e. The first-order chi connectivity index (χ1) is 8.15. The SMILES string of the molecule is CCNCCNC(=O)C(C)c1cccc(Cl)c1.Cl. The summed E-state index contributed by atoms with van der Waals surface area (Å²) in [5, 5.41) is 6.71. The van der Waals surface area contributed by atoms with E-state index in [2.05, 4.69) is 10.6 Å². The molecule has 0 saturated carbocycles. The van der Waals surface area contributed by atoms with Gasteiger partial charge in [-0.1, -0.05) is 30.7 Å². The van der Waals surface area contributed by atoms with Crippen LogP contribution >= 0.6 is 24.0 Å². The molecule has 5 heteroatoms. The summed E-state index contributed by atoms with van der Waals surface area (Å²) in [5.74, 6) is -0.138. The van der Waals surface area contributed by atoms with E-state index >= 15 is 0 Å². The molecule has 0 bridgehead atoms. The van der Waals surface area contributed by atoms with Crippen LogP contribution in [0.25, 0.3) is 0 Å². The number of hydrogen-bond acceptors (Lipinski definition) is 2. The van der Waals surface area contributed by atoms with Gasteiger partial charge >= 0.3 is 0 Å². The second-order valence-corrected chi connectivity index (χ2v) is 4.36. The fraction of sp³-hybridized carbons (Fsp3) is 0.462. The van der Waals surface area contributed by atoms with Gasteiger partial charge in [0.2, 0.25) is 5.91 Å². The molecule has 0 aromatic heterocycles. The van der Waals surface area contributed by atoms with E-state index in [0.29, 0.717) is 11.6 Å². The Morgan fingerprint density at radius 2 is 2.11 bits per heavy atom. The molecule has 0 radical (unpaired) electrons. The summed E-state index contributed by atoms with van der Waals surface area (Å²) in [6.45, 7) is 6.28. The molecule has 2 N–H and O–H groups in total. The van der Waals surface area contributed by atoms with Crippen LogP contribution in [0.1, 0.15) is 25.3 Å². The molecule has 1 atom stereocenters. The zero-order chi connectivity index (χ0) is 12.7. The Kier molecular flexibility index (Phi) is 8.81. The van der Waals surface area contributed by atoms with Gasteiger partial charge in [-0.25, -0.2) is 0 Å². The summed E-state index contributed by atoms with van der Waals surface area (Å²) >= 11 is 5.90. The lowest BCUT2D eigenvalue weighted by atomic mass is 10.0. The van der Waals surface area contributed by atoms with Crippen molar-refractivity contribution < 1.29 is 4.79 Å². The zero-order valence-corrected chi connectivity index (χ0v) is 12.3. The van der Waals surface area contributed by atoms with E-state index in [4.69, 9.17) is 11.6 Å². The van der Waals surface area contributed by atoms with E-state index in [1.807, 2.05) is 32.0 Å². The number of amides is 1. The van der Waals surface area contributed by atoms with Crippen LogP contribution in [0.15, 0.2) is 24.3 Å². The molecular weight excluding hydrogens is 271 g/mol. The molecule has 0 heterocycles. The molecule has 0 aliphatic carbocycles. The summed E-state index contributed by atoms with van der Waals surface area (Å²) in [6.07, 6.45) is 0. The molecule has 0 saturated heterocycles. The minimum atomic E-state index is -0.171. The van der Waals surface area contributed by atoms with Crippen molar-refractivity contribution in [1.29, 1.82) is 0 Å². The number of halogens is 2. The highest BCUT2D eigenvalue weighted by Gasteiger charge is 2.14. The molecular formula is C13H20Cl2N2O. The van der Waals surface area contributed by atoms with Crippen molar-refractivity contribution in [2.24, 2.45) is 0 Å². The monoisotopic (exact) mass is 290 g/mol. The number of likely N-dealkylation sites (N-methyl/N-ethyl adjacent to an activating group) is 1. The summed E-state index contributed by atoms with van der Waals surface area (Å²) in [6, 6.07) is 7.41. The van der Waals surface area contributed by atoms with Gasteiger partial charge in [0, 0.05) is 18.1 Å². The first-order valence-electron chi connectivity index (χ1n) is 5.89. The van der Waals surface area contributed by atoms with E-state index in [-0.39, 0.29) is 24.2 Å². The lowest BCUT2D eigenvalue weighted by Crippen LogP contribution is -2.34. The summed E-state index contributed by atoms with van der Waals surface area (Å²) in [5.41, 5.74) is 0.943. The Labute approximate surface area is 120 Å². The summed E-state index contributed by atoms with van der Waals surface area (Å²) < 4.78 is 0. The van der Waals surface area contributed by atoms with E-state index in [9.17, 15) is 4.79 Å². The summed E-state index contributed by atoms with van der Waals surface area (Å²) in [4.78, 5) is 11.8. The largest absolute Gasteiger partial charge is 0.354 e. The fourth-order valence-electron chi connectivity index (χ4n) is 1.53. The third-order valence-corrected chi connectivity index (χ3v) is 2.83. The normalized spacial score (nSPS) is 11.5. The van der Waals surface area contributed by atoms with E-state index < -0.39 is 0 Å². The first-order valence-corrected chi connectivity index (χ1v) is 6.26. The maximum atomic E-state index is 11.8. The van der Waals surface area contributed by atoms with Gasteiger partial charge in [-0.15, -0.1) is 12.4 Å². The minimum Gasteiger partial charge on any atom is -0.354 e. The van der Waals surface area contributed by atoms with Gasteiger partial charge in [-0.3, -0.25) is 4.79 Å². The van der Waals surface area contributed by atoms with Gasteiger partial charge in [-0.05, 0) is 31.2 Å². The molecule has 102 valence electrons. The minimum absolute atomic E-state index is 0. The van der Waals surface area contributed by atoms with Crippen molar-refractivity contribution in [1.82, 2.24) is 10.6 Å². The average Bonchev–Trinajstić information content (AvgIpc) is 2.33. The highest BCUT2D eigenvalue weighted by Crippen LogP contribution is 2.19. The van der Waals surface area contributed by atoms with Gasteiger partial charge in [0.25, 0.3) is 0 Å². The van der Waals surface area contributed by atoms with Gasteiger partial charge in [0.1, 0.15) is 0 Å². The van der Waals surface area contributed by atoms with Crippen molar-refractivity contribution in [3.63, 3.8) is 0 Å². The number of rotatable bonds is 6. The lowest BCUT2D eigenvalue weighted by Gasteiger charge is -2.12. The highest BCUT2D eigenvalue weighted by atomic mass is 35.5. The number of carbonyl (C=O) groups is 1. The Hall–Kier alpha value is -0.770. The molecule has 18 heavy (non-hydrogen) atoms. The Bertz CT molecular complexity index is 372. The van der Waals surface area contributed by atoms with Crippen LogP contribution in [-0.2, 0) is 4.79 Å². The van der Waals surface area contributed by atoms with E-state index in [1.54, 1.807) is 6.07 Å². The quantitative estimate of drug-likeness (QED) is 0.791. The van der Waals surface area contributed by atoms with Gasteiger partial charge in [-0.2, -0.15) is 0 Å². The van der Waals surface area contributed by atoms with Crippen molar-refractivity contribution in [3.8, 4) is 0 Å². The molecule has 0 fully saturated rings. The molecule has 1 unspecified atom stereocenters. The van der Waals surface area contributed by atoms with Crippen molar-refractivity contribution >= 4 is 29.9 Å². The molecule has 3 nitrogen and oxygen atoms in total. The molecule has 1 amide bonds. The number of hydrogen-bond donors (Lipinski definition) is 2. The molecule has 0 aliphatic heterocycles. The lowest BCUT2D eigenvalue weighted by molar-refractivity contribution is -0.122. The second kappa shape index (κ2) is 9.20. The third-order valence-electron chi connectivity index (χ3n) is 2.59. The van der Waals surface area contributed by atoms with Gasteiger partial charge in [0.15, 0.2) is 0 Å². The van der Waals surface area contributed by atoms with Gasteiger partial charge in [0.05, 0.1) is 5.92 Å². The van der Waals surface area contributed by atoms with Crippen LogP contribution < -0.4 is 10.6 Å². The van der Waals surface area contributed by atoms with Crippen LogP contribution in [0.3, 0.4) is 0 Å². The summed E-state index contributed by atoms with van der Waals surface area (Å²) in [7, 11) is 0. The van der Waals surface area contributed by atoms with Crippen LogP contribution in [0.2, 0.25) is 5.02 Å². The standard InChI is InChI=1S/C13H19ClN2O.ClH/c1-3-15-7-8-16-13(17)10(2)11-5-4-6-12(14)9-11;/h4-6,9-10,15H,3,7-8H2,1-2H3,(H,16,17);1H. The average molecular weight is 291 g/mol. The molecule has 0 aliphatic rings. The van der Waals surface area contributed by atoms with E-state index in [0.717, 1.165) is 18.7 Å². The zero-order valence-electron chi connectivity index (χ0n) is 10.7. The van der Waals surface area contributed by atoms with Crippen molar-refractivity contribution in [2.75, 3.05) is 19.6 Å². The molecule has 0 spiro atoms. The van der Waals surface area contributed by atoms with Crippen LogP contribution in [-0.4, -0.2) is 25.5 Å². The molecule has 1 aromatic rings. The Morgan fingerprint density at radius 1 is 1.39 bits per heavy atom. The van der Waals surface area contributed by atoms with Crippen LogP contribution in [0, 0.1) is 0 Å². The van der Waals surface area contributed by atoms with Crippen LogP contribution in [0.5, 0.6) is 0 Å².